The van der Waals surface area contributed by atoms with Crippen molar-refractivity contribution >= 4 is 17.3 Å². The van der Waals surface area contributed by atoms with Crippen LogP contribution in [0.5, 0.6) is 0 Å². The number of nitrogens with zero attached hydrogens (tertiary/aromatic N) is 1. The lowest BCUT2D eigenvalue weighted by atomic mass is 10.1. The molecule has 17 heavy (non-hydrogen) atoms. The van der Waals surface area contributed by atoms with Gasteiger partial charge in [-0.05, 0) is 26.0 Å². The number of halogens is 1. The third-order valence-electron chi connectivity index (χ3n) is 2.84. The Morgan fingerprint density at radius 3 is 2.71 bits per heavy atom. The number of anilines is 1. The molecule has 1 atom stereocenters. The Kier molecular flexibility index (Phi) is 5.75. The van der Waals surface area contributed by atoms with Gasteiger partial charge in [-0.15, -0.1) is 0 Å². The van der Waals surface area contributed by atoms with Crippen molar-refractivity contribution in [2.75, 3.05) is 25.2 Å². The zero-order valence-corrected chi connectivity index (χ0v) is 11.4. The second kappa shape index (κ2) is 6.84. The van der Waals surface area contributed by atoms with Crippen molar-refractivity contribution in [2.45, 2.75) is 26.5 Å². The molecule has 1 aromatic carbocycles. The van der Waals surface area contributed by atoms with E-state index in [1.165, 1.54) is 0 Å². The molecule has 4 heteroatoms. The number of benzene rings is 1. The van der Waals surface area contributed by atoms with E-state index >= 15 is 0 Å². The molecule has 0 aliphatic rings. The first-order valence-electron chi connectivity index (χ1n) is 5.79. The molecule has 0 aliphatic carbocycles. The van der Waals surface area contributed by atoms with Crippen LogP contribution in [0.25, 0.3) is 0 Å². The highest BCUT2D eigenvalue weighted by molar-refractivity contribution is 6.31. The number of ether oxygens (including phenoxy) is 1. The van der Waals surface area contributed by atoms with Crippen molar-refractivity contribution in [1.29, 1.82) is 0 Å². The zero-order valence-electron chi connectivity index (χ0n) is 10.6. The monoisotopic (exact) mass is 257 g/mol. The van der Waals surface area contributed by atoms with E-state index in [9.17, 15) is 5.11 Å². The highest BCUT2D eigenvalue weighted by Crippen LogP contribution is 2.28. The van der Waals surface area contributed by atoms with E-state index in [-0.39, 0.29) is 12.6 Å². The average molecular weight is 258 g/mol. The van der Waals surface area contributed by atoms with E-state index < -0.39 is 0 Å². The quantitative estimate of drug-likeness (QED) is 0.851. The molecule has 96 valence electrons. The lowest BCUT2D eigenvalue weighted by Gasteiger charge is -2.31. The summed E-state index contributed by atoms with van der Waals surface area (Å²) in [6, 6.07) is 5.92. The number of hydrogen-bond acceptors (Lipinski definition) is 3. The van der Waals surface area contributed by atoms with Gasteiger partial charge >= 0.3 is 0 Å². The standard InChI is InChI=1S/C13H20ClNO2/c1-4-15(10(2)9-17-3)13-7-5-6-12(14)11(13)8-16/h5-7,10,16H,4,8-9H2,1-3H3. The van der Waals surface area contributed by atoms with Gasteiger partial charge in [-0.1, -0.05) is 17.7 Å². The molecule has 1 N–H and O–H groups in total. The average Bonchev–Trinajstić information content (AvgIpc) is 2.30. The Bertz CT molecular complexity index is 357. The van der Waals surface area contributed by atoms with Crippen molar-refractivity contribution in [2.24, 2.45) is 0 Å². The van der Waals surface area contributed by atoms with Gasteiger partial charge in [-0.3, -0.25) is 0 Å². The molecule has 0 radical (unpaired) electrons. The van der Waals surface area contributed by atoms with Crippen molar-refractivity contribution in [1.82, 2.24) is 0 Å². The fourth-order valence-corrected chi connectivity index (χ4v) is 2.25. The van der Waals surface area contributed by atoms with Gasteiger partial charge in [-0.2, -0.15) is 0 Å². The molecule has 0 amide bonds. The van der Waals surface area contributed by atoms with Gasteiger partial charge in [0.1, 0.15) is 0 Å². The van der Waals surface area contributed by atoms with Crippen molar-refractivity contribution in [3.63, 3.8) is 0 Å². The van der Waals surface area contributed by atoms with Gasteiger partial charge < -0.3 is 14.7 Å². The van der Waals surface area contributed by atoms with E-state index in [1.807, 2.05) is 12.1 Å². The van der Waals surface area contributed by atoms with Crippen LogP contribution < -0.4 is 4.90 Å². The molecule has 0 aliphatic heterocycles. The van der Waals surface area contributed by atoms with Crippen molar-refractivity contribution in [3.05, 3.63) is 28.8 Å². The Morgan fingerprint density at radius 1 is 1.47 bits per heavy atom. The van der Waals surface area contributed by atoms with Gasteiger partial charge in [0.15, 0.2) is 0 Å². The summed E-state index contributed by atoms with van der Waals surface area (Å²) < 4.78 is 5.17. The first-order chi connectivity index (χ1) is 8.15. The van der Waals surface area contributed by atoms with Crippen LogP contribution in [0.2, 0.25) is 5.02 Å². The van der Waals surface area contributed by atoms with Crippen LogP contribution in [-0.2, 0) is 11.3 Å². The van der Waals surface area contributed by atoms with Crippen molar-refractivity contribution in [3.8, 4) is 0 Å². The number of likely N-dealkylation sites (N-methyl/N-ethyl adjacent to an activating group) is 1. The maximum absolute atomic E-state index is 9.41. The third-order valence-corrected chi connectivity index (χ3v) is 3.20. The molecule has 0 heterocycles. The summed E-state index contributed by atoms with van der Waals surface area (Å²) in [5, 5.41) is 10.0. The summed E-state index contributed by atoms with van der Waals surface area (Å²) in [6.45, 7) is 5.61. The van der Waals surface area contributed by atoms with Crippen LogP contribution in [0.4, 0.5) is 5.69 Å². The number of hydrogen-bond donors (Lipinski definition) is 1. The molecule has 3 nitrogen and oxygen atoms in total. The number of rotatable bonds is 6. The van der Waals surface area contributed by atoms with E-state index in [2.05, 4.69) is 18.7 Å². The number of aliphatic hydroxyl groups is 1. The van der Waals surface area contributed by atoms with Gasteiger partial charge in [0.25, 0.3) is 0 Å². The molecule has 0 bridgehead atoms. The first kappa shape index (κ1) is 14.3. The number of methoxy groups -OCH3 is 1. The molecule has 0 spiro atoms. The predicted molar refractivity (Wildman–Crippen MR) is 71.7 cm³/mol. The highest BCUT2D eigenvalue weighted by atomic mass is 35.5. The summed E-state index contributed by atoms with van der Waals surface area (Å²) in [7, 11) is 1.69. The molecule has 0 aromatic heterocycles. The molecule has 0 saturated heterocycles. The lowest BCUT2D eigenvalue weighted by Crippen LogP contribution is -2.36. The Balaban J connectivity index is 3.06. The predicted octanol–water partition coefficient (Wildman–Crippen LogP) is 2.69. The maximum Gasteiger partial charge on any atom is 0.0716 e. The van der Waals surface area contributed by atoms with E-state index in [0.29, 0.717) is 11.6 Å². The Labute approximate surface area is 108 Å². The van der Waals surface area contributed by atoms with Gasteiger partial charge in [0.05, 0.1) is 13.2 Å². The SMILES string of the molecule is CCN(c1cccc(Cl)c1CO)C(C)COC. The lowest BCUT2D eigenvalue weighted by molar-refractivity contribution is 0.181. The van der Waals surface area contributed by atoms with Crippen LogP contribution in [0.15, 0.2) is 18.2 Å². The topological polar surface area (TPSA) is 32.7 Å². The van der Waals surface area contributed by atoms with Crippen molar-refractivity contribution < 1.29 is 9.84 Å². The summed E-state index contributed by atoms with van der Waals surface area (Å²) in [4.78, 5) is 2.18. The Hall–Kier alpha value is -0.770. The van der Waals surface area contributed by atoms with Gasteiger partial charge in [0.2, 0.25) is 0 Å². The Morgan fingerprint density at radius 2 is 2.18 bits per heavy atom. The molecule has 1 unspecified atom stereocenters. The van der Waals surface area contributed by atoms with E-state index in [1.54, 1.807) is 13.2 Å². The van der Waals surface area contributed by atoms with E-state index in [4.69, 9.17) is 16.3 Å². The highest BCUT2D eigenvalue weighted by Gasteiger charge is 2.17. The first-order valence-corrected chi connectivity index (χ1v) is 6.17. The third kappa shape index (κ3) is 3.35. The second-order valence-corrected chi connectivity index (χ2v) is 4.39. The van der Waals surface area contributed by atoms with Crippen LogP contribution in [-0.4, -0.2) is 31.4 Å². The minimum Gasteiger partial charge on any atom is -0.392 e. The second-order valence-electron chi connectivity index (χ2n) is 3.99. The molecule has 0 fully saturated rings. The minimum absolute atomic E-state index is 0.0504. The fraction of sp³-hybridized carbons (Fsp3) is 0.538. The summed E-state index contributed by atoms with van der Waals surface area (Å²) in [5.41, 5.74) is 1.76. The van der Waals surface area contributed by atoms with Crippen LogP contribution in [0.3, 0.4) is 0 Å². The van der Waals surface area contributed by atoms with Crippen LogP contribution in [0, 0.1) is 0 Å². The molecular formula is C13H20ClNO2. The van der Waals surface area contributed by atoms with Gasteiger partial charge in [-0.25, -0.2) is 0 Å². The fourth-order valence-electron chi connectivity index (χ4n) is 2.02. The summed E-state index contributed by atoms with van der Waals surface area (Å²) >= 11 is 6.09. The number of aliphatic hydroxyl groups excluding tert-OH is 1. The maximum atomic E-state index is 9.41. The normalized spacial score (nSPS) is 12.5. The summed E-state index contributed by atoms with van der Waals surface area (Å²) in [6.07, 6.45) is 0. The molecule has 0 saturated carbocycles. The minimum atomic E-state index is -0.0504. The van der Waals surface area contributed by atoms with Gasteiger partial charge in [0, 0.05) is 36.0 Å². The smallest absolute Gasteiger partial charge is 0.0716 e. The largest absolute Gasteiger partial charge is 0.392 e. The van der Waals surface area contributed by atoms with E-state index in [0.717, 1.165) is 17.8 Å². The van der Waals surface area contributed by atoms with Crippen LogP contribution >= 0.6 is 11.6 Å². The molecule has 1 aromatic rings. The molecular weight excluding hydrogens is 238 g/mol. The summed E-state index contributed by atoms with van der Waals surface area (Å²) in [5.74, 6) is 0. The molecule has 1 rings (SSSR count). The van der Waals surface area contributed by atoms with Crippen LogP contribution in [0.1, 0.15) is 19.4 Å². The zero-order chi connectivity index (χ0) is 12.8.